The molecular weight excluding hydrogens is 440 g/mol. The first kappa shape index (κ1) is 22.3. The van der Waals surface area contributed by atoms with Crippen LogP contribution in [0.2, 0.25) is 0 Å². The molecule has 0 spiro atoms. The average molecular weight is 458 g/mol. The first-order chi connectivity index (χ1) is 16.4. The molecule has 0 bridgehead atoms. The van der Waals surface area contributed by atoms with Gasteiger partial charge in [-0.15, -0.1) is 0 Å². The molecule has 10 heteroatoms. The Kier molecular flexibility index (Phi) is 6.40. The molecule has 1 aromatic carbocycles. The SMILES string of the molecule is Cc1cc(=O)oc2cc(OCC(=O)NN(C(=O)c3ccncc3)C(=O)c3ccncc3)ccc12. The van der Waals surface area contributed by atoms with Gasteiger partial charge in [0.05, 0.1) is 0 Å². The number of fused-ring (bicyclic) bond motifs is 1. The maximum atomic E-state index is 12.9. The fraction of sp³-hybridized carbons (Fsp3) is 0.0833. The summed E-state index contributed by atoms with van der Waals surface area (Å²) >= 11 is 0. The largest absolute Gasteiger partial charge is 0.484 e. The predicted octanol–water partition coefficient (Wildman–Crippen LogP) is 2.28. The van der Waals surface area contributed by atoms with Gasteiger partial charge < -0.3 is 9.15 Å². The predicted molar refractivity (Wildman–Crippen MR) is 120 cm³/mol. The van der Waals surface area contributed by atoms with Gasteiger partial charge in [0.15, 0.2) is 6.61 Å². The number of carbonyl (C=O) groups excluding carboxylic acids is 3. The van der Waals surface area contributed by atoms with Crippen molar-refractivity contribution >= 4 is 28.7 Å². The summed E-state index contributed by atoms with van der Waals surface area (Å²) in [5, 5.41) is 1.34. The van der Waals surface area contributed by atoms with E-state index in [2.05, 4.69) is 15.4 Å². The molecule has 0 aliphatic rings. The molecule has 170 valence electrons. The number of nitrogens with zero attached hydrogens (tertiary/aromatic N) is 3. The lowest BCUT2D eigenvalue weighted by Crippen LogP contribution is -2.51. The van der Waals surface area contributed by atoms with Crippen molar-refractivity contribution in [2.75, 3.05) is 6.61 Å². The minimum atomic E-state index is -0.754. The quantitative estimate of drug-likeness (QED) is 0.274. The molecule has 0 fully saturated rings. The fourth-order valence-corrected chi connectivity index (χ4v) is 3.14. The number of nitrogens with one attached hydrogen (secondary N) is 1. The number of hydrogen-bond acceptors (Lipinski definition) is 8. The highest BCUT2D eigenvalue weighted by Crippen LogP contribution is 2.22. The van der Waals surface area contributed by atoms with Gasteiger partial charge >= 0.3 is 5.63 Å². The summed E-state index contributed by atoms with van der Waals surface area (Å²) in [6, 6.07) is 11.9. The van der Waals surface area contributed by atoms with Crippen LogP contribution >= 0.6 is 0 Å². The summed E-state index contributed by atoms with van der Waals surface area (Å²) < 4.78 is 10.7. The Morgan fingerprint density at radius 3 is 2.09 bits per heavy atom. The number of benzene rings is 1. The Labute approximate surface area is 192 Å². The highest BCUT2D eigenvalue weighted by molar-refractivity contribution is 6.11. The smallest absolute Gasteiger partial charge is 0.336 e. The maximum absolute atomic E-state index is 12.9. The molecule has 3 heterocycles. The first-order valence-corrected chi connectivity index (χ1v) is 10.1. The van der Waals surface area contributed by atoms with E-state index in [1.165, 1.54) is 61.2 Å². The number of hydrogen-bond donors (Lipinski definition) is 1. The highest BCUT2D eigenvalue weighted by atomic mass is 16.5. The van der Waals surface area contributed by atoms with Gasteiger partial charge in [-0.3, -0.25) is 29.8 Å². The van der Waals surface area contributed by atoms with Crippen molar-refractivity contribution in [2.24, 2.45) is 0 Å². The molecule has 4 rings (SSSR count). The molecule has 10 nitrogen and oxygen atoms in total. The lowest BCUT2D eigenvalue weighted by atomic mass is 10.1. The van der Waals surface area contributed by atoms with Gasteiger partial charge in [-0.1, -0.05) is 0 Å². The number of ether oxygens (including phenoxy) is 1. The van der Waals surface area contributed by atoms with Crippen molar-refractivity contribution < 1.29 is 23.5 Å². The first-order valence-electron chi connectivity index (χ1n) is 10.1. The molecule has 0 radical (unpaired) electrons. The number of amides is 3. The van der Waals surface area contributed by atoms with Crippen LogP contribution in [-0.2, 0) is 4.79 Å². The van der Waals surface area contributed by atoms with E-state index in [-0.39, 0.29) is 16.9 Å². The summed E-state index contributed by atoms with van der Waals surface area (Å²) in [7, 11) is 0. The van der Waals surface area contributed by atoms with Gasteiger partial charge in [-0.05, 0) is 48.9 Å². The molecular formula is C24H18N4O6. The van der Waals surface area contributed by atoms with Gasteiger partial charge in [0, 0.05) is 53.4 Å². The number of imide groups is 1. The molecule has 0 aliphatic carbocycles. The van der Waals surface area contributed by atoms with E-state index in [1.807, 2.05) is 0 Å². The number of rotatable bonds is 5. The second-order valence-corrected chi connectivity index (χ2v) is 7.15. The minimum absolute atomic E-state index is 0.151. The molecule has 0 atom stereocenters. The molecule has 3 aromatic heterocycles. The minimum Gasteiger partial charge on any atom is -0.484 e. The molecule has 3 amide bonds. The van der Waals surface area contributed by atoms with Gasteiger partial charge in [-0.2, -0.15) is 5.01 Å². The molecule has 0 saturated heterocycles. The Balaban J connectivity index is 1.51. The highest BCUT2D eigenvalue weighted by Gasteiger charge is 2.26. The van der Waals surface area contributed by atoms with Crippen molar-refractivity contribution in [2.45, 2.75) is 6.92 Å². The fourth-order valence-electron chi connectivity index (χ4n) is 3.14. The lowest BCUT2D eigenvalue weighted by Gasteiger charge is -2.21. The van der Waals surface area contributed by atoms with Crippen molar-refractivity contribution in [3.63, 3.8) is 0 Å². The number of hydrazine groups is 1. The number of pyridine rings is 2. The van der Waals surface area contributed by atoms with Crippen LogP contribution in [-0.4, -0.2) is 39.3 Å². The Bertz CT molecular complexity index is 1370. The standard InChI is InChI=1S/C24H18N4O6/c1-15-12-22(30)34-20-13-18(2-3-19(15)20)33-14-21(29)27-28(23(31)16-4-8-25-9-5-16)24(32)17-6-10-26-11-7-17/h2-13H,14H2,1H3,(H,27,29). The van der Waals surface area contributed by atoms with Crippen LogP contribution in [0.15, 0.2) is 82.5 Å². The van der Waals surface area contributed by atoms with Crippen LogP contribution in [0.4, 0.5) is 0 Å². The van der Waals surface area contributed by atoms with E-state index >= 15 is 0 Å². The second kappa shape index (κ2) is 9.74. The van der Waals surface area contributed by atoms with Crippen LogP contribution in [0.5, 0.6) is 5.75 Å². The molecule has 1 N–H and O–H groups in total. The third kappa shape index (κ3) is 4.96. The Morgan fingerprint density at radius 2 is 1.50 bits per heavy atom. The Hall–Kier alpha value is -4.86. The third-order valence-corrected chi connectivity index (χ3v) is 4.79. The topological polar surface area (TPSA) is 132 Å². The number of carbonyl (C=O) groups is 3. The zero-order valence-corrected chi connectivity index (χ0v) is 17.9. The zero-order chi connectivity index (χ0) is 24.1. The summed E-state index contributed by atoms with van der Waals surface area (Å²) in [5.74, 6) is -1.99. The van der Waals surface area contributed by atoms with E-state index in [1.54, 1.807) is 19.1 Å². The van der Waals surface area contributed by atoms with Crippen LogP contribution in [0, 0.1) is 6.92 Å². The van der Waals surface area contributed by atoms with Crippen LogP contribution in [0.25, 0.3) is 11.0 Å². The molecule has 34 heavy (non-hydrogen) atoms. The van der Waals surface area contributed by atoms with Crippen molar-refractivity contribution in [1.82, 2.24) is 20.4 Å². The van der Waals surface area contributed by atoms with E-state index in [4.69, 9.17) is 9.15 Å². The van der Waals surface area contributed by atoms with Gasteiger partial charge in [-0.25, -0.2) is 4.79 Å². The van der Waals surface area contributed by atoms with Gasteiger partial charge in [0.25, 0.3) is 17.7 Å². The molecule has 0 unspecified atom stereocenters. The van der Waals surface area contributed by atoms with Crippen LogP contribution < -0.4 is 15.8 Å². The normalized spacial score (nSPS) is 10.5. The lowest BCUT2D eigenvalue weighted by molar-refractivity contribution is -0.126. The Morgan fingerprint density at radius 1 is 0.912 bits per heavy atom. The monoisotopic (exact) mass is 458 g/mol. The summed E-state index contributed by atoms with van der Waals surface area (Å²) in [6.45, 7) is 1.27. The van der Waals surface area contributed by atoms with Gasteiger partial charge in [0.1, 0.15) is 11.3 Å². The molecule has 0 aliphatic heterocycles. The summed E-state index contributed by atoms with van der Waals surface area (Å²) in [5.41, 5.74) is 3.15. The number of aromatic nitrogens is 2. The van der Waals surface area contributed by atoms with Gasteiger partial charge in [0.2, 0.25) is 0 Å². The van der Waals surface area contributed by atoms with E-state index < -0.39 is 30.0 Å². The van der Waals surface area contributed by atoms with Crippen LogP contribution in [0.1, 0.15) is 26.3 Å². The maximum Gasteiger partial charge on any atom is 0.336 e. The van der Waals surface area contributed by atoms with Crippen LogP contribution in [0.3, 0.4) is 0 Å². The molecule has 4 aromatic rings. The average Bonchev–Trinajstić information content (AvgIpc) is 2.86. The number of aryl methyl sites for hydroxylation is 1. The summed E-state index contributed by atoms with van der Waals surface area (Å²) in [4.78, 5) is 57.8. The zero-order valence-electron chi connectivity index (χ0n) is 17.9. The summed E-state index contributed by atoms with van der Waals surface area (Å²) in [6.07, 6.45) is 5.58. The van der Waals surface area contributed by atoms with Crippen molar-refractivity contribution in [3.05, 3.63) is 100 Å². The van der Waals surface area contributed by atoms with Crippen molar-refractivity contribution in [3.8, 4) is 5.75 Å². The van der Waals surface area contributed by atoms with E-state index in [0.717, 1.165) is 10.9 Å². The second-order valence-electron chi connectivity index (χ2n) is 7.15. The van der Waals surface area contributed by atoms with Crippen molar-refractivity contribution in [1.29, 1.82) is 0 Å². The van der Waals surface area contributed by atoms with E-state index in [9.17, 15) is 19.2 Å². The van der Waals surface area contributed by atoms with E-state index in [0.29, 0.717) is 10.6 Å². The molecule has 0 saturated carbocycles. The third-order valence-electron chi connectivity index (χ3n) is 4.79.